The van der Waals surface area contributed by atoms with Crippen molar-refractivity contribution in [1.29, 1.82) is 0 Å². The van der Waals surface area contributed by atoms with Crippen molar-refractivity contribution in [3.63, 3.8) is 0 Å². The number of ether oxygens (including phenoxy) is 3. The van der Waals surface area contributed by atoms with Crippen molar-refractivity contribution in [3.05, 3.63) is 35.7 Å². The molecule has 1 aromatic rings. The zero-order valence-electron chi connectivity index (χ0n) is 20.7. The maximum absolute atomic E-state index is 12.6. The van der Waals surface area contributed by atoms with Crippen LogP contribution >= 0.6 is 0 Å². The smallest absolute Gasteiger partial charge is 0.408 e. The third-order valence-electron chi connectivity index (χ3n) is 4.65. The average Bonchev–Trinajstić information content (AvgIpc) is 2.98. The quantitative estimate of drug-likeness (QED) is 0.510. The van der Waals surface area contributed by atoms with Crippen molar-refractivity contribution in [3.8, 4) is 11.5 Å². The van der Waals surface area contributed by atoms with Crippen molar-refractivity contribution in [2.45, 2.75) is 71.9 Å². The molecule has 1 heterocycles. The monoisotopic (exact) mass is 458 g/mol. The predicted molar refractivity (Wildman–Crippen MR) is 128 cm³/mol. The third kappa shape index (κ3) is 7.06. The van der Waals surface area contributed by atoms with E-state index in [1.165, 1.54) is 6.20 Å². The molecule has 2 N–H and O–H groups in total. The van der Waals surface area contributed by atoms with Gasteiger partial charge in [-0.05, 0) is 60.4 Å². The van der Waals surface area contributed by atoms with Gasteiger partial charge in [0.25, 0.3) is 0 Å². The highest BCUT2D eigenvalue weighted by atomic mass is 16.6. The number of nitrogens with one attached hydrogen (secondary N) is 2. The summed E-state index contributed by atoms with van der Waals surface area (Å²) in [7, 11) is 0. The molecule has 1 aliphatic heterocycles. The largest absolute Gasteiger partial charge is 0.492 e. The van der Waals surface area contributed by atoms with Crippen LogP contribution in [0.2, 0.25) is 0 Å². The molecule has 0 saturated heterocycles. The van der Waals surface area contributed by atoms with Crippen molar-refractivity contribution in [2.75, 3.05) is 6.61 Å². The van der Waals surface area contributed by atoms with Gasteiger partial charge in [0.15, 0.2) is 0 Å². The van der Waals surface area contributed by atoms with Crippen LogP contribution in [-0.4, -0.2) is 42.5 Å². The summed E-state index contributed by atoms with van der Waals surface area (Å²) in [6.45, 7) is 18.2. The van der Waals surface area contributed by atoms with E-state index in [4.69, 9.17) is 14.2 Å². The van der Waals surface area contributed by atoms with Crippen LogP contribution in [0.15, 0.2) is 40.1 Å². The Morgan fingerprint density at radius 1 is 1.21 bits per heavy atom. The molecule has 0 spiro atoms. The second-order valence-corrected chi connectivity index (χ2v) is 9.99. The van der Waals surface area contributed by atoms with Gasteiger partial charge in [0.05, 0.1) is 12.8 Å². The Bertz CT molecular complexity index is 987. The number of carbonyl (C=O) groups is 2. The predicted octanol–water partition coefficient (Wildman–Crippen LogP) is 4.07. The summed E-state index contributed by atoms with van der Waals surface area (Å²) in [6.07, 6.45) is 0.715. The first-order chi connectivity index (χ1) is 15.1. The highest BCUT2D eigenvalue weighted by molar-refractivity contribution is 5.90. The van der Waals surface area contributed by atoms with Gasteiger partial charge in [0, 0.05) is 16.7 Å². The molecule has 9 nitrogen and oxygen atoms in total. The Balaban J connectivity index is 2.09. The molecule has 0 atom stereocenters. The molecule has 1 aliphatic rings. The number of amidine groups is 1. The zero-order chi connectivity index (χ0) is 25.0. The standard InChI is InChI=1S/C24H34N4O5/c1-15(27-19(29)24(7,8)28-21(30)33-22(2,3)4)13-26-20(25-9)32-17-12-10-11-16-18(17)23(5,6)14-31-16/h10-13H,9,14H2,1-8H3,(H,27,29)(H,28,30)/b15-13+,26-20+. The van der Waals surface area contributed by atoms with E-state index in [9.17, 15) is 9.59 Å². The SMILES string of the molecule is C=N/C(=N\C=C(/C)NC(=O)C(C)(C)NC(=O)OC(C)(C)C)Oc1cccc2c1C(C)(C)CO2. The summed E-state index contributed by atoms with van der Waals surface area (Å²) < 4.78 is 16.8. The zero-order valence-corrected chi connectivity index (χ0v) is 20.7. The van der Waals surface area contributed by atoms with Gasteiger partial charge >= 0.3 is 12.1 Å². The topological polar surface area (TPSA) is 111 Å². The third-order valence-corrected chi connectivity index (χ3v) is 4.65. The molecule has 0 aliphatic carbocycles. The van der Waals surface area contributed by atoms with E-state index in [0.717, 1.165) is 11.3 Å². The number of allylic oxidation sites excluding steroid dienone is 1. The summed E-state index contributed by atoms with van der Waals surface area (Å²) in [5, 5.41) is 5.25. The maximum atomic E-state index is 12.6. The lowest BCUT2D eigenvalue weighted by molar-refractivity contribution is -0.125. The Morgan fingerprint density at radius 2 is 1.88 bits per heavy atom. The maximum Gasteiger partial charge on any atom is 0.408 e. The van der Waals surface area contributed by atoms with Crippen LogP contribution in [0.1, 0.15) is 61.0 Å². The van der Waals surface area contributed by atoms with Crippen molar-refractivity contribution in [2.24, 2.45) is 9.98 Å². The van der Waals surface area contributed by atoms with Gasteiger partial charge in [-0.25, -0.2) is 14.8 Å². The Labute approximate surface area is 195 Å². The van der Waals surface area contributed by atoms with Crippen LogP contribution in [0, 0.1) is 0 Å². The van der Waals surface area contributed by atoms with E-state index in [2.05, 4.69) is 41.2 Å². The number of rotatable bonds is 5. The first-order valence-electron chi connectivity index (χ1n) is 10.6. The number of carbonyl (C=O) groups excluding carboxylic acids is 2. The first kappa shape index (κ1) is 25.9. The van der Waals surface area contributed by atoms with E-state index in [1.807, 2.05) is 18.2 Å². The van der Waals surface area contributed by atoms with Crippen LogP contribution in [0.4, 0.5) is 4.79 Å². The van der Waals surface area contributed by atoms with E-state index < -0.39 is 23.1 Å². The van der Waals surface area contributed by atoms with Gasteiger partial charge < -0.3 is 24.8 Å². The summed E-state index contributed by atoms with van der Waals surface area (Å²) in [5.74, 6) is 0.907. The fourth-order valence-electron chi connectivity index (χ4n) is 3.05. The van der Waals surface area contributed by atoms with Crippen LogP contribution < -0.4 is 20.1 Å². The van der Waals surface area contributed by atoms with Gasteiger partial charge in [-0.3, -0.25) is 4.79 Å². The van der Waals surface area contributed by atoms with Crippen LogP contribution in [0.3, 0.4) is 0 Å². The van der Waals surface area contributed by atoms with Crippen molar-refractivity contribution >= 4 is 24.7 Å². The summed E-state index contributed by atoms with van der Waals surface area (Å²) >= 11 is 0. The fraction of sp³-hybridized carbons (Fsp3) is 0.500. The normalized spacial score (nSPS) is 15.8. The van der Waals surface area contributed by atoms with Crippen LogP contribution in [0.25, 0.3) is 0 Å². The minimum absolute atomic E-state index is 0.0193. The number of aliphatic imine (C=N–C) groups is 2. The summed E-state index contributed by atoms with van der Waals surface area (Å²) in [6, 6.07) is 5.56. The minimum atomic E-state index is -1.21. The highest BCUT2D eigenvalue weighted by Gasteiger charge is 2.35. The van der Waals surface area contributed by atoms with Crippen molar-refractivity contribution in [1.82, 2.24) is 10.6 Å². The van der Waals surface area contributed by atoms with Gasteiger partial charge in [-0.1, -0.05) is 19.9 Å². The first-order valence-corrected chi connectivity index (χ1v) is 10.6. The number of hydrogen-bond donors (Lipinski definition) is 2. The van der Waals surface area contributed by atoms with Crippen LogP contribution in [0.5, 0.6) is 11.5 Å². The lowest BCUT2D eigenvalue weighted by Gasteiger charge is -2.27. The van der Waals surface area contributed by atoms with E-state index in [1.54, 1.807) is 41.5 Å². The number of nitrogens with zero attached hydrogens (tertiary/aromatic N) is 2. The minimum Gasteiger partial charge on any atom is -0.492 e. The lowest BCUT2D eigenvalue weighted by Crippen LogP contribution is -2.55. The number of alkyl carbamates (subject to hydrolysis) is 1. The van der Waals surface area contributed by atoms with Gasteiger partial charge in [0.1, 0.15) is 22.6 Å². The summed E-state index contributed by atoms with van der Waals surface area (Å²) in [4.78, 5) is 32.7. The summed E-state index contributed by atoms with van der Waals surface area (Å²) in [5.41, 5.74) is -0.746. The molecule has 1 aromatic carbocycles. The molecule has 2 rings (SSSR count). The Hall–Kier alpha value is -3.36. The number of hydrogen-bond acceptors (Lipinski definition) is 6. The second kappa shape index (κ2) is 9.64. The molecule has 2 amide bonds. The van der Waals surface area contributed by atoms with Gasteiger partial charge in [-0.15, -0.1) is 0 Å². The van der Waals surface area contributed by atoms with Crippen LogP contribution in [-0.2, 0) is 14.9 Å². The fourth-order valence-corrected chi connectivity index (χ4v) is 3.05. The molecule has 0 unspecified atom stereocenters. The number of benzene rings is 1. The Morgan fingerprint density at radius 3 is 2.48 bits per heavy atom. The van der Waals surface area contributed by atoms with Crippen molar-refractivity contribution < 1.29 is 23.8 Å². The molecular weight excluding hydrogens is 424 g/mol. The van der Waals surface area contributed by atoms with Gasteiger partial charge in [-0.2, -0.15) is 0 Å². The number of amides is 2. The molecule has 33 heavy (non-hydrogen) atoms. The lowest BCUT2D eigenvalue weighted by atomic mass is 9.86. The number of fused-ring (bicyclic) bond motifs is 1. The molecular formula is C24H34N4O5. The molecule has 0 fully saturated rings. The van der Waals surface area contributed by atoms with E-state index in [0.29, 0.717) is 18.1 Å². The molecule has 0 saturated carbocycles. The van der Waals surface area contributed by atoms with E-state index in [-0.39, 0.29) is 11.4 Å². The molecule has 0 bridgehead atoms. The highest BCUT2D eigenvalue weighted by Crippen LogP contribution is 2.44. The second-order valence-electron chi connectivity index (χ2n) is 9.99. The molecule has 180 valence electrons. The Kier molecular flexibility index (Phi) is 7.57. The molecule has 0 radical (unpaired) electrons. The molecule has 0 aromatic heterocycles. The van der Waals surface area contributed by atoms with E-state index >= 15 is 0 Å². The van der Waals surface area contributed by atoms with Gasteiger partial charge in [0.2, 0.25) is 5.91 Å². The average molecular weight is 459 g/mol. The molecule has 9 heteroatoms.